The Hall–Kier alpha value is -2.49. The Labute approximate surface area is 149 Å². The molecule has 0 aromatic heterocycles. The van der Waals surface area contributed by atoms with Gasteiger partial charge in [-0.05, 0) is 54.7 Å². The van der Waals surface area contributed by atoms with Gasteiger partial charge in [0.2, 0.25) is 5.91 Å². The minimum atomic E-state index is 0.245. The van der Waals surface area contributed by atoms with Crippen molar-refractivity contribution in [3.8, 4) is 11.5 Å². The van der Waals surface area contributed by atoms with Gasteiger partial charge in [0.15, 0.2) is 0 Å². The van der Waals surface area contributed by atoms with Crippen LogP contribution >= 0.6 is 0 Å². The fourth-order valence-corrected chi connectivity index (χ4v) is 3.40. The molecule has 1 saturated heterocycles. The number of hydrogen-bond acceptors (Lipinski definition) is 3. The van der Waals surface area contributed by atoms with Crippen LogP contribution < -0.4 is 4.74 Å². The summed E-state index contributed by atoms with van der Waals surface area (Å²) < 4.78 is 5.20. The van der Waals surface area contributed by atoms with E-state index < -0.39 is 0 Å². The van der Waals surface area contributed by atoms with E-state index in [9.17, 15) is 9.90 Å². The summed E-state index contributed by atoms with van der Waals surface area (Å²) in [6.07, 6.45) is 3.31. The number of rotatable bonds is 6. The van der Waals surface area contributed by atoms with Crippen LogP contribution in [0.2, 0.25) is 0 Å². The first-order valence-electron chi connectivity index (χ1n) is 8.85. The number of methoxy groups -OCH3 is 1. The molecule has 0 saturated carbocycles. The Kier molecular flexibility index (Phi) is 5.59. The van der Waals surface area contributed by atoms with Crippen LogP contribution in [0.15, 0.2) is 48.5 Å². The molecule has 132 valence electrons. The van der Waals surface area contributed by atoms with E-state index in [1.165, 1.54) is 5.56 Å². The van der Waals surface area contributed by atoms with Gasteiger partial charge >= 0.3 is 0 Å². The summed E-state index contributed by atoms with van der Waals surface area (Å²) in [4.78, 5) is 14.4. The van der Waals surface area contributed by atoms with Crippen LogP contribution in [0, 0.1) is 0 Å². The van der Waals surface area contributed by atoms with Crippen LogP contribution in [0.4, 0.5) is 0 Å². The van der Waals surface area contributed by atoms with Crippen LogP contribution in [-0.2, 0) is 11.2 Å². The summed E-state index contributed by atoms with van der Waals surface area (Å²) in [6.45, 7) is 1.65. The summed E-state index contributed by atoms with van der Waals surface area (Å²) in [5.41, 5.74) is 2.43. The third-order valence-electron chi connectivity index (χ3n) is 4.92. The first-order valence-corrected chi connectivity index (χ1v) is 8.85. The fraction of sp³-hybridized carbons (Fsp3) is 0.381. The Balaban J connectivity index is 1.46. The molecule has 3 rings (SSSR count). The fourth-order valence-electron chi connectivity index (χ4n) is 3.40. The van der Waals surface area contributed by atoms with Crippen LogP contribution in [0.1, 0.15) is 36.3 Å². The summed E-state index contributed by atoms with van der Waals surface area (Å²) in [5.74, 6) is 1.81. The monoisotopic (exact) mass is 339 g/mol. The Morgan fingerprint density at radius 2 is 1.88 bits per heavy atom. The first-order chi connectivity index (χ1) is 12.2. The molecule has 4 heteroatoms. The summed E-state index contributed by atoms with van der Waals surface area (Å²) in [6, 6.07) is 15.4. The maximum absolute atomic E-state index is 12.4. The average molecular weight is 339 g/mol. The lowest BCUT2D eigenvalue weighted by Crippen LogP contribution is -2.28. The number of aromatic hydroxyl groups is 1. The van der Waals surface area contributed by atoms with Gasteiger partial charge in [-0.3, -0.25) is 4.79 Å². The van der Waals surface area contributed by atoms with Crippen molar-refractivity contribution >= 4 is 5.91 Å². The van der Waals surface area contributed by atoms with Gasteiger partial charge in [-0.25, -0.2) is 0 Å². The van der Waals surface area contributed by atoms with E-state index in [4.69, 9.17) is 4.74 Å². The highest BCUT2D eigenvalue weighted by Gasteiger charge is 2.26. The molecule has 1 N–H and O–H groups in total. The molecule has 1 fully saturated rings. The lowest BCUT2D eigenvalue weighted by Gasteiger charge is -2.17. The van der Waals surface area contributed by atoms with Gasteiger partial charge in [0.05, 0.1) is 7.11 Å². The SMILES string of the molecule is COc1ccc(C2CCN(C(=O)CCCc3ccc(O)cc3)C2)cc1. The zero-order chi connectivity index (χ0) is 17.6. The van der Waals surface area contributed by atoms with E-state index in [1.54, 1.807) is 19.2 Å². The third kappa shape index (κ3) is 4.53. The van der Waals surface area contributed by atoms with E-state index in [0.29, 0.717) is 12.3 Å². The van der Waals surface area contributed by atoms with E-state index in [2.05, 4.69) is 12.1 Å². The van der Waals surface area contributed by atoms with Gasteiger partial charge in [-0.2, -0.15) is 0 Å². The van der Waals surface area contributed by atoms with Crippen molar-refractivity contribution in [1.29, 1.82) is 0 Å². The molecule has 25 heavy (non-hydrogen) atoms. The molecule has 1 aliphatic rings. The minimum absolute atomic E-state index is 0.245. The zero-order valence-electron chi connectivity index (χ0n) is 14.6. The maximum Gasteiger partial charge on any atom is 0.222 e. The van der Waals surface area contributed by atoms with Crippen molar-refractivity contribution in [1.82, 2.24) is 4.90 Å². The quantitative estimate of drug-likeness (QED) is 0.872. The summed E-state index contributed by atoms with van der Waals surface area (Å²) >= 11 is 0. The zero-order valence-corrected chi connectivity index (χ0v) is 14.6. The predicted octanol–water partition coefficient (Wildman–Crippen LogP) is 3.74. The number of aryl methyl sites for hydroxylation is 1. The van der Waals surface area contributed by atoms with Gasteiger partial charge < -0.3 is 14.7 Å². The second-order valence-electron chi connectivity index (χ2n) is 6.62. The number of phenolic OH excluding ortho intramolecular Hbond substituents is 1. The van der Waals surface area contributed by atoms with E-state index >= 15 is 0 Å². The number of amides is 1. The molecule has 0 radical (unpaired) electrons. The standard InChI is InChI=1S/C21H25NO3/c1-25-20-11-7-17(8-12-20)18-13-14-22(15-18)21(24)4-2-3-16-5-9-19(23)10-6-16/h5-12,18,23H,2-4,13-15H2,1H3. The Morgan fingerprint density at radius 1 is 1.16 bits per heavy atom. The summed E-state index contributed by atoms with van der Waals surface area (Å²) in [7, 11) is 1.67. The molecular formula is C21H25NO3. The van der Waals surface area contributed by atoms with Crippen molar-refractivity contribution in [2.75, 3.05) is 20.2 Å². The Morgan fingerprint density at radius 3 is 2.56 bits per heavy atom. The highest BCUT2D eigenvalue weighted by Crippen LogP contribution is 2.29. The molecule has 0 spiro atoms. The molecule has 1 aliphatic heterocycles. The smallest absolute Gasteiger partial charge is 0.222 e. The van der Waals surface area contributed by atoms with E-state index in [1.807, 2.05) is 29.2 Å². The van der Waals surface area contributed by atoms with Crippen LogP contribution in [0.25, 0.3) is 0 Å². The number of carbonyl (C=O) groups is 1. The van der Waals surface area contributed by atoms with E-state index in [-0.39, 0.29) is 11.7 Å². The van der Waals surface area contributed by atoms with Crippen molar-refractivity contribution in [2.45, 2.75) is 31.6 Å². The highest BCUT2D eigenvalue weighted by molar-refractivity contribution is 5.76. The normalized spacial score (nSPS) is 16.8. The molecule has 2 aromatic carbocycles. The topological polar surface area (TPSA) is 49.8 Å². The first kappa shape index (κ1) is 17.3. The van der Waals surface area contributed by atoms with Crippen LogP contribution in [-0.4, -0.2) is 36.1 Å². The number of carbonyl (C=O) groups excluding carboxylic acids is 1. The van der Waals surface area contributed by atoms with Gasteiger partial charge in [0.25, 0.3) is 0 Å². The van der Waals surface area contributed by atoms with Gasteiger partial charge in [0, 0.05) is 25.4 Å². The molecule has 1 unspecified atom stereocenters. The molecule has 0 bridgehead atoms. The number of hydrogen-bond donors (Lipinski definition) is 1. The second-order valence-corrected chi connectivity index (χ2v) is 6.62. The van der Waals surface area contributed by atoms with Crippen molar-refractivity contribution in [2.24, 2.45) is 0 Å². The van der Waals surface area contributed by atoms with Crippen LogP contribution in [0.3, 0.4) is 0 Å². The lowest BCUT2D eigenvalue weighted by atomic mass is 9.98. The number of benzene rings is 2. The number of phenols is 1. The largest absolute Gasteiger partial charge is 0.508 e. The Bertz CT molecular complexity index is 694. The average Bonchev–Trinajstić information content (AvgIpc) is 3.13. The summed E-state index contributed by atoms with van der Waals surface area (Å²) in [5, 5.41) is 9.29. The highest BCUT2D eigenvalue weighted by atomic mass is 16.5. The number of nitrogens with zero attached hydrogens (tertiary/aromatic N) is 1. The van der Waals surface area contributed by atoms with E-state index in [0.717, 1.165) is 43.7 Å². The third-order valence-corrected chi connectivity index (χ3v) is 4.92. The second kappa shape index (κ2) is 8.06. The van der Waals surface area contributed by atoms with Crippen molar-refractivity contribution in [3.63, 3.8) is 0 Å². The molecule has 1 heterocycles. The number of likely N-dealkylation sites (tertiary alicyclic amines) is 1. The molecule has 1 atom stereocenters. The molecule has 2 aromatic rings. The molecular weight excluding hydrogens is 314 g/mol. The van der Waals surface area contributed by atoms with Crippen LogP contribution in [0.5, 0.6) is 11.5 Å². The maximum atomic E-state index is 12.4. The number of ether oxygens (including phenoxy) is 1. The molecule has 1 amide bonds. The predicted molar refractivity (Wildman–Crippen MR) is 98.0 cm³/mol. The van der Waals surface area contributed by atoms with Gasteiger partial charge in [-0.1, -0.05) is 24.3 Å². The van der Waals surface area contributed by atoms with Gasteiger partial charge in [-0.15, -0.1) is 0 Å². The van der Waals surface area contributed by atoms with Crippen molar-refractivity contribution < 1.29 is 14.6 Å². The molecule has 0 aliphatic carbocycles. The lowest BCUT2D eigenvalue weighted by molar-refractivity contribution is -0.130. The van der Waals surface area contributed by atoms with Crippen molar-refractivity contribution in [3.05, 3.63) is 59.7 Å². The van der Waals surface area contributed by atoms with Gasteiger partial charge in [0.1, 0.15) is 11.5 Å². The molecule has 4 nitrogen and oxygen atoms in total. The minimum Gasteiger partial charge on any atom is -0.508 e.